The van der Waals surface area contributed by atoms with Gasteiger partial charge in [-0.2, -0.15) is 0 Å². The Hall–Kier alpha value is -2.43. The molecule has 1 aliphatic rings. The minimum atomic E-state index is -0.426. The third-order valence-electron chi connectivity index (χ3n) is 3.72. The number of fused-ring (bicyclic) bond motifs is 1. The summed E-state index contributed by atoms with van der Waals surface area (Å²) in [6.45, 7) is 3.99. The first kappa shape index (κ1) is 13.5. The van der Waals surface area contributed by atoms with Crippen LogP contribution in [0.15, 0.2) is 24.3 Å². The van der Waals surface area contributed by atoms with E-state index in [0.717, 1.165) is 27.8 Å². The summed E-state index contributed by atoms with van der Waals surface area (Å²) in [6, 6.07) is 7.25. The summed E-state index contributed by atoms with van der Waals surface area (Å²) in [7, 11) is 0. The summed E-state index contributed by atoms with van der Waals surface area (Å²) in [5, 5.41) is 6.55. The molecule has 2 amide bonds. The number of pyridine rings is 1. The fourth-order valence-corrected chi connectivity index (χ4v) is 2.68. The number of nitrogens with one attached hydrogen (secondary N) is 2. The highest BCUT2D eigenvalue weighted by atomic mass is 16.2. The van der Waals surface area contributed by atoms with E-state index in [2.05, 4.69) is 15.6 Å². The van der Waals surface area contributed by atoms with Gasteiger partial charge in [-0.15, -0.1) is 0 Å². The maximum atomic E-state index is 12.1. The minimum absolute atomic E-state index is 0.0656. The van der Waals surface area contributed by atoms with Gasteiger partial charge in [0, 0.05) is 23.2 Å². The van der Waals surface area contributed by atoms with E-state index in [1.807, 2.05) is 38.1 Å². The highest BCUT2D eigenvalue weighted by Gasteiger charge is 2.27. The Morgan fingerprint density at radius 3 is 2.86 bits per heavy atom. The minimum Gasteiger partial charge on any atom is -0.344 e. The van der Waals surface area contributed by atoms with Crippen molar-refractivity contribution in [3.63, 3.8) is 0 Å². The van der Waals surface area contributed by atoms with Crippen molar-refractivity contribution in [1.29, 1.82) is 0 Å². The molecule has 0 aliphatic carbocycles. The molecule has 1 atom stereocenters. The Bertz CT molecular complexity index is 740. The van der Waals surface area contributed by atoms with Gasteiger partial charge in [0.05, 0.1) is 5.52 Å². The van der Waals surface area contributed by atoms with E-state index in [1.165, 1.54) is 0 Å². The molecule has 0 bridgehead atoms. The largest absolute Gasteiger partial charge is 0.344 e. The number of nitrogens with zero attached hydrogens (tertiary/aromatic N) is 1. The molecule has 0 radical (unpaired) electrons. The molecule has 2 heterocycles. The maximum absolute atomic E-state index is 12.1. The van der Waals surface area contributed by atoms with Crippen molar-refractivity contribution < 1.29 is 9.59 Å². The summed E-state index contributed by atoms with van der Waals surface area (Å²) in [6.07, 6.45) is 0.968. The zero-order chi connectivity index (χ0) is 15.0. The van der Waals surface area contributed by atoms with Crippen molar-refractivity contribution in [2.75, 3.05) is 5.32 Å². The number of benzene rings is 1. The molecule has 5 heteroatoms. The van der Waals surface area contributed by atoms with Crippen LogP contribution in [0.4, 0.5) is 5.69 Å². The molecule has 1 aromatic carbocycles. The lowest BCUT2D eigenvalue weighted by molar-refractivity contribution is -0.122. The van der Waals surface area contributed by atoms with Gasteiger partial charge in [0.2, 0.25) is 11.8 Å². The van der Waals surface area contributed by atoms with Gasteiger partial charge in [0.15, 0.2) is 0 Å². The Morgan fingerprint density at radius 2 is 2.14 bits per heavy atom. The van der Waals surface area contributed by atoms with Crippen LogP contribution in [-0.2, 0) is 9.59 Å². The number of rotatable bonds is 2. The number of carbonyl (C=O) groups is 2. The lowest BCUT2D eigenvalue weighted by Crippen LogP contribution is -2.37. The molecule has 2 aromatic rings. The summed E-state index contributed by atoms with van der Waals surface area (Å²) >= 11 is 0. The smallest absolute Gasteiger partial charge is 0.246 e. The zero-order valence-electron chi connectivity index (χ0n) is 12.1. The molecule has 0 spiro atoms. The molecular weight excluding hydrogens is 266 g/mol. The second kappa shape index (κ2) is 5.16. The number of aryl methyl sites for hydroxylation is 2. The molecule has 3 rings (SSSR count). The van der Waals surface area contributed by atoms with Gasteiger partial charge >= 0.3 is 0 Å². The summed E-state index contributed by atoms with van der Waals surface area (Å²) in [4.78, 5) is 27.7. The van der Waals surface area contributed by atoms with Gasteiger partial charge in [0.1, 0.15) is 6.04 Å². The second-order valence-corrected chi connectivity index (χ2v) is 5.46. The number of amides is 2. The zero-order valence-corrected chi connectivity index (χ0v) is 12.1. The first-order chi connectivity index (χ1) is 10.0. The number of aromatic nitrogens is 1. The molecule has 1 aliphatic heterocycles. The van der Waals surface area contributed by atoms with Gasteiger partial charge in [-0.25, -0.2) is 0 Å². The number of hydrogen-bond acceptors (Lipinski definition) is 3. The van der Waals surface area contributed by atoms with Gasteiger partial charge < -0.3 is 10.6 Å². The number of hydrogen-bond donors (Lipinski definition) is 2. The fourth-order valence-electron chi connectivity index (χ4n) is 2.68. The average molecular weight is 283 g/mol. The van der Waals surface area contributed by atoms with Crippen molar-refractivity contribution >= 4 is 28.4 Å². The van der Waals surface area contributed by atoms with Crippen molar-refractivity contribution in [2.24, 2.45) is 0 Å². The predicted molar refractivity (Wildman–Crippen MR) is 81.0 cm³/mol. The van der Waals surface area contributed by atoms with Crippen LogP contribution in [0.2, 0.25) is 0 Å². The predicted octanol–water partition coefficient (Wildman–Crippen LogP) is 2.07. The quantitative estimate of drug-likeness (QED) is 0.886. The SMILES string of the molecule is Cc1cc(C)c2cc(NC(=O)[C@@H]3CCC(=O)N3)ccc2n1. The summed E-state index contributed by atoms with van der Waals surface area (Å²) in [5.74, 6) is -0.234. The van der Waals surface area contributed by atoms with Gasteiger partial charge in [-0.3, -0.25) is 14.6 Å². The van der Waals surface area contributed by atoms with Crippen LogP contribution in [0.25, 0.3) is 10.9 Å². The second-order valence-electron chi connectivity index (χ2n) is 5.46. The van der Waals surface area contributed by atoms with E-state index in [9.17, 15) is 9.59 Å². The van der Waals surface area contributed by atoms with E-state index in [1.54, 1.807) is 0 Å². The molecule has 1 saturated heterocycles. The maximum Gasteiger partial charge on any atom is 0.246 e. The van der Waals surface area contributed by atoms with Gasteiger partial charge in [-0.05, 0) is 50.1 Å². The topological polar surface area (TPSA) is 71.1 Å². The third-order valence-corrected chi connectivity index (χ3v) is 3.72. The van der Waals surface area contributed by atoms with E-state index in [4.69, 9.17) is 0 Å². The van der Waals surface area contributed by atoms with E-state index in [-0.39, 0.29) is 11.8 Å². The molecular formula is C16H17N3O2. The van der Waals surface area contributed by atoms with Crippen LogP contribution in [0, 0.1) is 13.8 Å². The summed E-state index contributed by atoms with van der Waals surface area (Å²) in [5.41, 5.74) is 3.75. The lowest BCUT2D eigenvalue weighted by Gasteiger charge is -2.12. The van der Waals surface area contributed by atoms with Crippen LogP contribution in [0.3, 0.4) is 0 Å². The Kier molecular flexibility index (Phi) is 3.33. The highest BCUT2D eigenvalue weighted by Crippen LogP contribution is 2.22. The van der Waals surface area contributed by atoms with Crippen LogP contribution in [-0.4, -0.2) is 22.8 Å². The van der Waals surface area contributed by atoms with Crippen molar-refractivity contribution in [3.8, 4) is 0 Å². The van der Waals surface area contributed by atoms with Crippen LogP contribution in [0.5, 0.6) is 0 Å². The Balaban J connectivity index is 1.84. The molecule has 0 unspecified atom stereocenters. The average Bonchev–Trinajstić information content (AvgIpc) is 2.86. The third kappa shape index (κ3) is 2.72. The standard InChI is InChI=1S/C16H17N3O2/c1-9-7-10(2)17-13-4-3-11(8-12(9)13)18-16(21)14-5-6-15(20)19-14/h3-4,7-8,14H,5-6H2,1-2H3,(H,18,21)(H,19,20)/t14-/m0/s1. The fraction of sp³-hybridized carbons (Fsp3) is 0.312. The van der Waals surface area contributed by atoms with Crippen LogP contribution < -0.4 is 10.6 Å². The van der Waals surface area contributed by atoms with Crippen molar-refractivity contribution in [3.05, 3.63) is 35.5 Å². The lowest BCUT2D eigenvalue weighted by atomic mass is 10.1. The first-order valence-electron chi connectivity index (χ1n) is 7.01. The molecule has 1 fully saturated rings. The Labute approximate surface area is 122 Å². The molecule has 5 nitrogen and oxygen atoms in total. The van der Waals surface area contributed by atoms with E-state index in [0.29, 0.717) is 12.8 Å². The molecule has 1 aromatic heterocycles. The van der Waals surface area contributed by atoms with Gasteiger partial charge in [0.25, 0.3) is 0 Å². The van der Waals surface area contributed by atoms with E-state index < -0.39 is 6.04 Å². The number of anilines is 1. The number of carbonyl (C=O) groups excluding carboxylic acids is 2. The summed E-state index contributed by atoms with van der Waals surface area (Å²) < 4.78 is 0. The van der Waals surface area contributed by atoms with Crippen LogP contribution >= 0.6 is 0 Å². The van der Waals surface area contributed by atoms with E-state index >= 15 is 0 Å². The van der Waals surface area contributed by atoms with Crippen LogP contribution in [0.1, 0.15) is 24.1 Å². The van der Waals surface area contributed by atoms with Crippen molar-refractivity contribution in [2.45, 2.75) is 32.7 Å². The molecule has 0 saturated carbocycles. The first-order valence-corrected chi connectivity index (χ1v) is 7.01. The molecule has 108 valence electrons. The monoisotopic (exact) mass is 283 g/mol. The Morgan fingerprint density at radius 1 is 1.33 bits per heavy atom. The highest BCUT2D eigenvalue weighted by molar-refractivity contribution is 6.00. The molecule has 2 N–H and O–H groups in total. The normalized spacial score (nSPS) is 17.8. The van der Waals surface area contributed by atoms with Crippen molar-refractivity contribution in [1.82, 2.24) is 10.3 Å². The van der Waals surface area contributed by atoms with Gasteiger partial charge in [-0.1, -0.05) is 0 Å². The molecule has 21 heavy (non-hydrogen) atoms.